The molecule has 0 saturated carbocycles. The molecule has 2 amide bonds. The molecule has 172 valence electrons. The van der Waals surface area contributed by atoms with Crippen molar-refractivity contribution >= 4 is 17.6 Å². The first-order valence-electron chi connectivity index (χ1n) is 11.5. The molecule has 2 aromatic rings. The lowest BCUT2D eigenvalue weighted by Gasteiger charge is -2.36. The van der Waals surface area contributed by atoms with Crippen LogP contribution in [0.1, 0.15) is 29.5 Å². The molecule has 8 heteroatoms. The zero-order valence-electron chi connectivity index (χ0n) is 19.0. The predicted molar refractivity (Wildman–Crippen MR) is 125 cm³/mol. The molecule has 4 rings (SSSR count). The summed E-state index contributed by atoms with van der Waals surface area (Å²) in [5.41, 5.74) is 4.97. The number of methoxy groups -OCH3 is 1. The standard InChI is InChI=1S/C25H29N5O3/c1-33-16-11-27-24(31)25(32)30-14-12-29(13-15-30)23-21(17-26)19-9-5-6-10-20(19)22(28-23)18-7-3-2-4-8-18/h2-4,7-8H,5-6,9-16H2,1H3,(H,27,31). The number of pyridine rings is 1. The Morgan fingerprint density at radius 1 is 1.09 bits per heavy atom. The van der Waals surface area contributed by atoms with Crippen LogP contribution in [0.2, 0.25) is 0 Å². The van der Waals surface area contributed by atoms with Gasteiger partial charge in [-0.15, -0.1) is 0 Å². The summed E-state index contributed by atoms with van der Waals surface area (Å²) in [6.07, 6.45) is 3.99. The molecule has 0 bridgehead atoms. The maximum absolute atomic E-state index is 12.5. The van der Waals surface area contributed by atoms with E-state index < -0.39 is 11.8 Å². The Balaban J connectivity index is 1.57. The zero-order valence-corrected chi connectivity index (χ0v) is 19.0. The lowest BCUT2D eigenvalue weighted by molar-refractivity contribution is -0.146. The third-order valence-electron chi connectivity index (χ3n) is 6.31. The lowest BCUT2D eigenvalue weighted by Crippen LogP contribution is -2.53. The van der Waals surface area contributed by atoms with Gasteiger partial charge >= 0.3 is 11.8 Å². The number of carbonyl (C=O) groups excluding carboxylic acids is 2. The first-order chi connectivity index (χ1) is 16.1. The van der Waals surface area contributed by atoms with Crippen LogP contribution >= 0.6 is 0 Å². The summed E-state index contributed by atoms with van der Waals surface area (Å²) in [5, 5.41) is 12.6. The summed E-state index contributed by atoms with van der Waals surface area (Å²) in [6.45, 7) is 2.50. The molecule has 1 fully saturated rings. The molecule has 0 unspecified atom stereocenters. The summed E-state index contributed by atoms with van der Waals surface area (Å²) in [4.78, 5) is 33.2. The number of benzene rings is 1. The minimum absolute atomic E-state index is 0.299. The van der Waals surface area contributed by atoms with Crippen molar-refractivity contribution in [2.75, 3.05) is 51.3 Å². The Morgan fingerprint density at radius 3 is 2.45 bits per heavy atom. The second-order valence-electron chi connectivity index (χ2n) is 8.33. The molecule has 1 aromatic carbocycles. The number of hydrogen-bond acceptors (Lipinski definition) is 6. The van der Waals surface area contributed by atoms with Crippen LogP contribution in [0.25, 0.3) is 11.3 Å². The van der Waals surface area contributed by atoms with Crippen LogP contribution < -0.4 is 10.2 Å². The Bertz CT molecular complexity index is 1060. The fraction of sp³-hybridized carbons (Fsp3) is 0.440. The van der Waals surface area contributed by atoms with E-state index in [1.54, 1.807) is 12.0 Å². The van der Waals surface area contributed by atoms with Crippen LogP contribution in [-0.2, 0) is 27.2 Å². The lowest BCUT2D eigenvalue weighted by atomic mass is 9.86. The van der Waals surface area contributed by atoms with E-state index in [2.05, 4.69) is 28.4 Å². The average Bonchev–Trinajstić information content (AvgIpc) is 2.88. The molecular formula is C25H29N5O3. The molecule has 1 aromatic heterocycles. The van der Waals surface area contributed by atoms with Crippen LogP contribution in [0, 0.1) is 11.3 Å². The minimum Gasteiger partial charge on any atom is -0.383 e. The van der Waals surface area contributed by atoms with Gasteiger partial charge in [0, 0.05) is 45.4 Å². The van der Waals surface area contributed by atoms with Gasteiger partial charge in [-0.1, -0.05) is 30.3 Å². The number of amides is 2. The van der Waals surface area contributed by atoms with Gasteiger partial charge in [0.2, 0.25) is 0 Å². The number of ether oxygens (including phenoxy) is 1. The van der Waals surface area contributed by atoms with Gasteiger partial charge in [0.1, 0.15) is 11.9 Å². The van der Waals surface area contributed by atoms with Crippen LogP contribution in [0.4, 0.5) is 5.82 Å². The third-order valence-corrected chi connectivity index (χ3v) is 6.31. The molecule has 33 heavy (non-hydrogen) atoms. The minimum atomic E-state index is -0.614. The van der Waals surface area contributed by atoms with E-state index >= 15 is 0 Å². The number of nitrogens with one attached hydrogen (secondary N) is 1. The van der Waals surface area contributed by atoms with E-state index in [-0.39, 0.29) is 0 Å². The monoisotopic (exact) mass is 447 g/mol. The molecule has 0 spiro atoms. The first-order valence-corrected chi connectivity index (χ1v) is 11.5. The maximum atomic E-state index is 12.5. The fourth-order valence-corrected chi connectivity index (χ4v) is 4.60. The Morgan fingerprint density at radius 2 is 1.79 bits per heavy atom. The fourth-order valence-electron chi connectivity index (χ4n) is 4.60. The first kappa shape index (κ1) is 22.7. The van der Waals surface area contributed by atoms with Gasteiger partial charge in [-0.3, -0.25) is 9.59 Å². The maximum Gasteiger partial charge on any atom is 0.312 e. The summed E-state index contributed by atoms with van der Waals surface area (Å²) in [6, 6.07) is 12.5. The highest BCUT2D eigenvalue weighted by atomic mass is 16.5. The van der Waals surface area contributed by atoms with Gasteiger partial charge < -0.3 is 19.9 Å². The zero-order chi connectivity index (χ0) is 23.2. The van der Waals surface area contributed by atoms with E-state index in [0.29, 0.717) is 50.7 Å². The summed E-state index contributed by atoms with van der Waals surface area (Å²) in [5.74, 6) is -0.459. The van der Waals surface area contributed by atoms with Crippen LogP contribution in [0.15, 0.2) is 30.3 Å². The van der Waals surface area contributed by atoms with E-state index in [1.807, 2.05) is 18.2 Å². The van der Waals surface area contributed by atoms with E-state index in [0.717, 1.165) is 42.5 Å². The predicted octanol–water partition coefficient (Wildman–Crippen LogP) is 1.91. The van der Waals surface area contributed by atoms with Crippen molar-refractivity contribution < 1.29 is 14.3 Å². The highest BCUT2D eigenvalue weighted by molar-refractivity contribution is 6.35. The van der Waals surface area contributed by atoms with Crippen molar-refractivity contribution in [2.45, 2.75) is 25.7 Å². The number of aromatic nitrogens is 1. The third kappa shape index (κ3) is 4.83. The van der Waals surface area contributed by atoms with Gasteiger partial charge in [0.15, 0.2) is 0 Å². The number of hydrogen-bond donors (Lipinski definition) is 1. The van der Waals surface area contributed by atoms with Crippen molar-refractivity contribution in [2.24, 2.45) is 0 Å². The molecule has 1 N–H and O–H groups in total. The van der Waals surface area contributed by atoms with Crippen LogP contribution in [0.3, 0.4) is 0 Å². The molecule has 1 saturated heterocycles. The average molecular weight is 448 g/mol. The molecule has 2 aliphatic rings. The van der Waals surface area contributed by atoms with Crippen molar-refractivity contribution in [1.82, 2.24) is 15.2 Å². The second-order valence-corrected chi connectivity index (χ2v) is 8.33. The van der Waals surface area contributed by atoms with Gasteiger partial charge in [-0.2, -0.15) is 5.26 Å². The summed E-state index contributed by atoms with van der Waals surface area (Å²) in [7, 11) is 1.54. The number of nitrogens with zero attached hydrogens (tertiary/aromatic N) is 4. The van der Waals surface area contributed by atoms with Gasteiger partial charge in [0.25, 0.3) is 0 Å². The number of anilines is 1. The van der Waals surface area contributed by atoms with Gasteiger partial charge in [0.05, 0.1) is 17.9 Å². The Labute approximate surface area is 194 Å². The number of rotatable bonds is 5. The van der Waals surface area contributed by atoms with Crippen LogP contribution in [0.5, 0.6) is 0 Å². The van der Waals surface area contributed by atoms with E-state index in [4.69, 9.17) is 9.72 Å². The molecular weight excluding hydrogens is 418 g/mol. The van der Waals surface area contributed by atoms with Crippen molar-refractivity contribution in [3.8, 4) is 17.3 Å². The largest absolute Gasteiger partial charge is 0.383 e. The summed E-state index contributed by atoms with van der Waals surface area (Å²) >= 11 is 0. The SMILES string of the molecule is COCCNC(=O)C(=O)N1CCN(c2nc(-c3ccccc3)c3c(c2C#N)CCCC3)CC1. The van der Waals surface area contributed by atoms with E-state index in [1.165, 1.54) is 5.56 Å². The van der Waals surface area contributed by atoms with Gasteiger partial charge in [-0.05, 0) is 36.8 Å². The number of fused-ring (bicyclic) bond motifs is 1. The Hall–Kier alpha value is -3.44. The molecule has 1 aliphatic heterocycles. The van der Waals surface area contributed by atoms with Crippen LogP contribution in [-0.4, -0.2) is 68.1 Å². The normalized spacial score (nSPS) is 15.5. The van der Waals surface area contributed by atoms with Crippen molar-refractivity contribution in [1.29, 1.82) is 5.26 Å². The Kier molecular flexibility index (Phi) is 7.20. The second kappa shape index (κ2) is 10.5. The molecule has 1 aliphatic carbocycles. The van der Waals surface area contributed by atoms with Crippen molar-refractivity contribution in [3.05, 3.63) is 47.0 Å². The molecule has 8 nitrogen and oxygen atoms in total. The number of carbonyl (C=O) groups is 2. The van der Waals surface area contributed by atoms with Gasteiger partial charge in [-0.25, -0.2) is 4.98 Å². The quantitative estimate of drug-likeness (QED) is 0.555. The number of nitriles is 1. The highest BCUT2D eigenvalue weighted by Crippen LogP contribution is 2.36. The highest BCUT2D eigenvalue weighted by Gasteiger charge is 2.30. The van der Waals surface area contributed by atoms with Crippen molar-refractivity contribution in [3.63, 3.8) is 0 Å². The molecule has 0 radical (unpaired) electrons. The smallest absolute Gasteiger partial charge is 0.312 e. The topological polar surface area (TPSA) is 98.6 Å². The molecule has 0 atom stereocenters. The molecule has 2 heterocycles. The number of piperazine rings is 1. The van der Waals surface area contributed by atoms with E-state index in [9.17, 15) is 14.9 Å². The summed E-state index contributed by atoms with van der Waals surface area (Å²) < 4.78 is 4.90.